The van der Waals surface area contributed by atoms with Crippen molar-refractivity contribution in [3.63, 3.8) is 0 Å². The normalized spacial score (nSPS) is 10.1. The summed E-state index contributed by atoms with van der Waals surface area (Å²) < 4.78 is 5.74. The van der Waals surface area contributed by atoms with Gasteiger partial charge in [-0.3, -0.25) is 14.9 Å². The number of hydrogen-bond donors (Lipinski definition) is 3. The zero-order valence-corrected chi connectivity index (χ0v) is 17.9. The lowest BCUT2D eigenvalue weighted by Crippen LogP contribution is -2.34. The number of anilines is 1. The first-order valence-corrected chi connectivity index (χ1v) is 10.2. The zero-order valence-electron chi connectivity index (χ0n) is 17.1. The molecule has 0 aromatic heterocycles. The topological polar surface area (TPSA) is 79.5 Å². The lowest BCUT2D eigenvalue weighted by atomic mass is 10.2. The smallest absolute Gasteiger partial charge is 0.257 e. The molecule has 0 aliphatic carbocycles. The van der Waals surface area contributed by atoms with Gasteiger partial charge in [0.25, 0.3) is 11.8 Å². The molecule has 0 saturated carbocycles. The largest absolute Gasteiger partial charge is 0.493 e. The minimum atomic E-state index is -0.324. The lowest BCUT2D eigenvalue weighted by molar-refractivity contribution is 0.0959. The van der Waals surface area contributed by atoms with Crippen molar-refractivity contribution in [2.24, 2.45) is 0 Å². The summed E-state index contributed by atoms with van der Waals surface area (Å²) in [5.41, 5.74) is 2.88. The summed E-state index contributed by atoms with van der Waals surface area (Å²) in [6.45, 7) is 0.558. The predicted octanol–water partition coefficient (Wildman–Crippen LogP) is 3.79. The number of carbonyl (C=O) groups is 2. The minimum Gasteiger partial charge on any atom is -0.493 e. The summed E-state index contributed by atoms with van der Waals surface area (Å²) in [5.74, 6) is 0.203. The van der Waals surface area contributed by atoms with E-state index in [1.54, 1.807) is 55.6 Å². The molecule has 0 aliphatic heterocycles. The summed E-state index contributed by atoms with van der Waals surface area (Å²) >= 11 is 5.20. The van der Waals surface area contributed by atoms with Gasteiger partial charge >= 0.3 is 0 Å². The van der Waals surface area contributed by atoms with Gasteiger partial charge in [0.15, 0.2) is 5.11 Å². The van der Waals surface area contributed by atoms with Gasteiger partial charge in [0.05, 0.1) is 6.61 Å². The third kappa shape index (κ3) is 6.65. The van der Waals surface area contributed by atoms with Crippen molar-refractivity contribution in [2.45, 2.75) is 6.42 Å². The van der Waals surface area contributed by atoms with Gasteiger partial charge < -0.3 is 15.4 Å². The number of hydrogen-bond acceptors (Lipinski definition) is 4. The Bertz CT molecular complexity index is 1040. The van der Waals surface area contributed by atoms with Crippen molar-refractivity contribution in [3.05, 3.63) is 95.6 Å². The average Bonchev–Trinajstić information content (AvgIpc) is 2.80. The van der Waals surface area contributed by atoms with Gasteiger partial charge in [0.1, 0.15) is 5.75 Å². The molecule has 7 heteroatoms. The molecule has 0 radical (unpaired) electrons. The van der Waals surface area contributed by atoms with Crippen molar-refractivity contribution in [2.75, 3.05) is 19.0 Å². The van der Waals surface area contributed by atoms with Gasteiger partial charge in [-0.15, -0.1) is 0 Å². The van der Waals surface area contributed by atoms with Crippen LogP contribution in [-0.2, 0) is 6.42 Å². The van der Waals surface area contributed by atoms with Gasteiger partial charge in [0.2, 0.25) is 0 Å². The van der Waals surface area contributed by atoms with Gasteiger partial charge in [0, 0.05) is 30.3 Å². The molecular formula is C24H23N3O3S. The van der Waals surface area contributed by atoms with Crippen LogP contribution in [0.1, 0.15) is 26.3 Å². The Labute approximate surface area is 186 Å². The molecule has 0 aliphatic rings. The van der Waals surface area contributed by atoms with Crippen molar-refractivity contribution in [3.8, 4) is 5.75 Å². The maximum atomic E-state index is 12.4. The van der Waals surface area contributed by atoms with Gasteiger partial charge in [-0.1, -0.05) is 30.3 Å². The second-order valence-corrected chi connectivity index (χ2v) is 7.08. The van der Waals surface area contributed by atoms with E-state index in [0.717, 1.165) is 6.42 Å². The van der Waals surface area contributed by atoms with E-state index in [2.05, 4.69) is 28.1 Å². The SMILES string of the molecule is CNC(=O)c1ccc(NC(=S)NC(=O)c2ccc(OCCc3ccccc3)cc2)cc1. The van der Waals surface area contributed by atoms with E-state index in [1.807, 2.05) is 18.2 Å². The van der Waals surface area contributed by atoms with Gasteiger partial charge in [-0.2, -0.15) is 0 Å². The molecule has 2 amide bonds. The molecule has 0 unspecified atom stereocenters. The van der Waals surface area contributed by atoms with E-state index in [1.165, 1.54) is 5.56 Å². The van der Waals surface area contributed by atoms with Crippen LogP contribution < -0.4 is 20.7 Å². The Morgan fingerprint density at radius 1 is 0.839 bits per heavy atom. The third-order valence-electron chi connectivity index (χ3n) is 4.48. The van der Waals surface area contributed by atoms with Crippen molar-refractivity contribution < 1.29 is 14.3 Å². The van der Waals surface area contributed by atoms with Gasteiger partial charge in [-0.05, 0) is 66.3 Å². The molecule has 3 N–H and O–H groups in total. The average molecular weight is 434 g/mol. The second kappa shape index (κ2) is 10.9. The van der Waals surface area contributed by atoms with Crippen molar-refractivity contribution in [1.29, 1.82) is 0 Å². The molecular weight excluding hydrogens is 410 g/mol. The number of nitrogens with one attached hydrogen (secondary N) is 3. The fourth-order valence-electron chi connectivity index (χ4n) is 2.82. The van der Waals surface area contributed by atoms with E-state index in [9.17, 15) is 9.59 Å². The summed E-state index contributed by atoms with van der Waals surface area (Å²) in [6, 6.07) is 23.8. The van der Waals surface area contributed by atoms with Crippen LogP contribution in [0.4, 0.5) is 5.69 Å². The van der Waals surface area contributed by atoms with E-state index >= 15 is 0 Å². The Hall–Kier alpha value is -3.71. The van der Waals surface area contributed by atoms with E-state index in [0.29, 0.717) is 29.2 Å². The standard InChI is InChI=1S/C24H23N3O3S/c1-25-22(28)18-7-11-20(12-8-18)26-24(31)27-23(29)19-9-13-21(14-10-19)30-16-15-17-5-3-2-4-6-17/h2-14H,15-16H2,1H3,(H,25,28)(H2,26,27,29,31). The second-order valence-electron chi connectivity index (χ2n) is 6.67. The molecule has 0 atom stereocenters. The number of carbonyl (C=O) groups excluding carboxylic acids is 2. The maximum Gasteiger partial charge on any atom is 0.257 e. The minimum absolute atomic E-state index is 0.167. The van der Waals surface area contributed by atoms with E-state index < -0.39 is 0 Å². The van der Waals surface area contributed by atoms with Crippen LogP contribution in [0.2, 0.25) is 0 Å². The van der Waals surface area contributed by atoms with E-state index in [4.69, 9.17) is 17.0 Å². The van der Waals surface area contributed by atoms with Gasteiger partial charge in [-0.25, -0.2) is 0 Å². The van der Waals surface area contributed by atoms with E-state index in [-0.39, 0.29) is 16.9 Å². The first-order chi connectivity index (χ1) is 15.0. The molecule has 3 rings (SSSR count). The molecule has 0 bridgehead atoms. The van der Waals surface area contributed by atoms with Crippen LogP contribution in [0.25, 0.3) is 0 Å². The zero-order chi connectivity index (χ0) is 22.1. The molecule has 3 aromatic carbocycles. The molecule has 0 spiro atoms. The third-order valence-corrected chi connectivity index (χ3v) is 4.68. The Morgan fingerprint density at radius 2 is 1.45 bits per heavy atom. The number of amides is 2. The van der Waals surface area contributed by atoms with Crippen molar-refractivity contribution in [1.82, 2.24) is 10.6 Å². The summed E-state index contributed by atoms with van der Waals surface area (Å²) in [5, 5.41) is 8.29. The molecule has 3 aromatic rings. The van der Waals surface area contributed by atoms with Crippen LogP contribution in [0.3, 0.4) is 0 Å². The Kier molecular flexibility index (Phi) is 7.73. The first-order valence-electron chi connectivity index (χ1n) is 9.76. The molecule has 0 saturated heterocycles. The fraction of sp³-hybridized carbons (Fsp3) is 0.125. The molecule has 0 fully saturated rings. The molecule has 0 heterocycles. The molecule has 31 heavy (non-hydrogen) atoms. The summed E-state index contributed by atoms with van der Waals surface area (Å²) in [6.07, 6.45) is 0.813. The van der Waals surface area contributed by atoms with Crippen molar-refractivity contribution >= 4 is 34.8 Å². The summed E-state index contributed by atoms with van der Waals surface area (Å²) in [4.78, 5) is 24.0. The van der Waals surface area contributed by atoms with Crippen LogP contribution in [0, 0.1) is 0 Å². The Balaban J connectivity index is 1.47. The van der Waals surface area contributed by atoms with Crippen LogP contribution >= 0.6 is 12.2 Å². The highest BCUT2D eigenvalue weighted by atomic mass is 32.1. The molecule has 158 valence electrons. The lowest BCUT2D eigenvalue weighted by Gasteiger charge is -2.11. The summed E-state index contributed by atoms with van der Waals surface area (Å²) in [7, 11) is 1.57. The highest BCUT2D eigenvalue weighted by Crippen LogP contribution is 2.13. The first kappa shape index (κ1) is 22.0. The number of ether oxygens (including phenoxy) is 1. The Morgan fingerprint density at radius 3 is 2.10 bits per heavy atom. The van der Waals surface area contributed by atoms with Crippen LogP contribution in [0.5, 0.6) is 5.75 Å². The quantitative estimate of drug-likeness (QED) is 0.494. The number of thiocarbonyl (C=S) groups is 1. The highest BCUT2D eigenvalue weighted by Gasteiger charge is 2.09. The van der Waals surface area contributed by atoms with Crippen LogP contribution in [0.15, 0.2) is 78.9 Å². The number of rotatable bonds is 7. The number of benzene rings is 3. The monoisotopic (exact) mass is 433 g/mol. The highest BCUT2D eigenvalue weighted by molar-refractivity contribution is 7.80. The maximum absolute atomic E-state index is 12.4. The molecule has 6 nitrogen and oxygen atoms in total. The van der Waals surface area contributed by atoms with Crippen LogP contribution in [-0.4, -0.2) is 30.6 Å². The fourth-order valence-corrected chi connectivity index (χ4v) is 3.03. The predicted molar refractivity (Wildman–Crippen MR) is 126 cm³/mol.